The van der Waals surface area contributed by atoms with E-state index < -0.39 is 22.0 Å². The number of aliphatic hydroxyl groups excluding tert-OH is 1. The first-order valence-corrected chi connectivity index (χ1v) is 9.64. The molecule has 0 spiro atoms. The Kier molecular flexibility index (Phi) is 4.06. The Labute approximate surface area is 136 Å². The van der Waals surface area contributed by atoms with Gasteiger partial charge in [0.05, 0.1) is 35.0 Å². The summed E-state index contributed by atoms with van der Waals surface area (Å²) in [6.07, 6.45) is -0.913. The van der Waals surface area contributed by atoms with Gasteiger partial charge in [-0.15, -0.1) is 0 Å². The Balaban J connectivity index is 2.10. The standard InChI is InChI=1S/C17H22N2O3S/c1-11(2)14-8-15(13-6-4-12(3)5-7-13)19(18-14)16-9-23(21,22)10-17(16)20/h4-8,11,16-17,20H,9-10H2,1-3H3. The summed E-state index contributed by atoms with van der Waals surface area (Å²) in [7, 11) is -3.22. The maximum atomic E-state index is 11.9. The van der Waals surface area contributed by atoms with Crippen molar-refractivity contribution in [1.82, 2.24) is 9.78 Å². The molecule has 1 aliphatic heterocycles. The molecule has 0 amide bonds. The monoisotopic (exact) mass is 334 g/mol. The number of aromatic nitrogens is 2. The van der Waals surface area contributed by atoms with Gasteiger partial charge < -0.3 is 5.11 Å². The van der Waals surface area contributed by atoms with Crippen LogP contribution in [0.15, 0.2) is 30.3 Å². The van der Waals surface area contributed by atoms with E-state index >= 15 is 0 Å². The summed E-state index contributed by atoms with van der Waals surface area (Å²) in [6, 6.07) is 9.51. The molecule has 1 fully saturated rings. The second-order valence-corrected chi connectivity index (χ2v) is 8.79. The van der Waals surface area contributed by atoms with Crippen LogP contribution in [0.5, 0.6) is 0 Å². The molecule has 0 saturated carbocycles. The maximum absolute atomic E-state index is 11.9. The van der Waals surface area contributed by atoms with E-state index in [1.807, 2.05) is 51.1 Å². The zero-order valence-electron chi connectivity index (χ0n) is 13.6. The van der Waals surface area contributed by atoms with E-state index in [0.717, 1.165) is 22.5 Å². The minimum atomic E-state index is -3.22. The number of sulfone groups is 1. The van der Waals surface area contributed by atoms with Crippen LogP contribution in [0.25, 0.3) is 11.3 Å². The summed E-state index contributed by atoms with van der Waals surface area (Å²) in [4.78, 5) is 0. The van der Waals surface area contributed by atoms with Crippen molar-refractivity contribution < 1.29 is 13.5 Å². The van der Waals surface area contributed by atoms with Crippen molar-refractivity contribution in [2.45, 2.75) is 38.8 Å². The quantitative estimate of drug-likeness (QED) is 0.935. The van der Waals surface area contributed by atoms with E-state index in [9.17, 15) is 13.5 Å². The van der Waals surface area contributed by atoms with Gasteiger partial charge in [0.1, 0.15) is 0 Å². The highest BCUT2D eigenvalue weighted by Crippen LogP contribution is 2.32. The van der Waals surface area contributed by atoms with Crippen LogP contribution in [-0.2, 0) is 9.84 Å². The van der Waals surface area contributed by atoms with Gasteiger partial charge in [0.25, 0.3) is 0 Å². The number of hydrogen-bond donors (Lipinski definition) is 1. The number of rotatable bonds is 3. The molecule has 6 heteroatoms. The molecular weight excluding hydrogens is 312 g/mol. The third-order valence-electron chi connectivity index (χ3n) is 4.30. The lowest BCUT2D eigenvalue weighted by atomic mass is 10.1. The van der Waals surface area contributed by atoms with E-state index in [0.29, 0.717) is 0 Å². The predicted molar refractivity (Wildman–Crippen MR) is 90.2 cm³/mol. The molecular formula is C17H22N2O3S. The molecule has 0 bridgehead atoms. The minimum absolute atomic E-state index is 0.0633. The largest absolute Gasteiger partial charge is 0.390 e. The molecule has 1 aromatic carbocycles. The van der Waals surface area contributed by atoms with Crippen molar-refractivity contribution in [3.63, 3.8) is 0 Å². The number of benzene rings is 1. The van der Waals surface area contributed by atoms with Crippen molar-refractivity contribution in [2.24, 2.45) is 0 Å². The fraction of sp³-hybridized carbons (Fsp3) is 0.471. The van der Waals surface area contributed by atoms with E-state index in [1.54, 1.807) is 4.68 Å². The molecule has 1 aliphatic rings. The summed E-state index contributed by atoms with van der Waals surface area (Å²) in [5.41, 5.74) is 3.89. The minimum Gasteiger partial charge on any atom is -0.390 e. The van der Waals surface area contributed by atoms with Gasteiger partial charge in [0.15, 0.2) is 9.84 Å². The van der Waals surface area contributed by atoms with Crippen molar-refractivity contribution in [1.29, 1.82) is 0 Å². The van der Waals surface area contributed by atoms with Crippen LogP contribution >= 0.6 is 0 Å². The van der Waals surface area contributed by atoms with E-state index in [2.05, 4.69) is 5.10 Å². The zero-order valence-corrected chi connectivity index (χ0v) is 14.4. The SMILES string of the molecule is Cc1ccc(-c2cc(C(C)C)nn2C2CS(=O)(=O)CC2O)cc1. The highest BCUT2D eigenvalue weighted by Gasteiger charge is 2.39. The summed E-state index contributed by atoms with van der Waals surface area (Å²) in [5, 5.41) is 14.8. The van der Waals surface area contributed by atoms with Gasteiger partial charge in [-0.2, -0.15) is 5.10 Å². The van der Waals surface area contributed by atoms with Gasteiger partial charge in [-0.3, -0.25) is 4.68 Å². The smallest absolute Gasteiger partial charge is 0.155 e. The summed E-state index contributed by atoms with van der Waals surface area (Å²) in [5.74, 6) is -0.0238. The first-order chi connectivity index (χ1) is 10.8. The first-order valence-electron chi connectivity index (χ1n) is 7.82. The van der Waals surface area contributed by atoms with Crippen molar-refractivity contribution in [3.05, 3.63) is 41.6 Å². The van der Waals surface area contributed by atoms with Gasteiger partial charge in [0.2, 0.25) is 0 Å². The molecule has 0 radical (unpaired) electrons. The third kappa shape index (κ3) is 3.19. The van der Waals surface area contributed by atoms with Crippen molar-refractivity contribution in [2.75, 3.05) is 11.5 Å². The van der Waals surface area contributed by atoms with Crippen LogP contribution < -0.4 is 0 Å². The maximum Gasteiger partial charge on any atom is 0.155 e. The lowest BCUT2D eigenvalue weighted by molar-refractivity contribution is 0.147. The molecule has 3 rings (SSSR count). The van der Waals surface area contributed by atoms with Gasteiger partial charge >= 0.3 is 0 Å². The topological polar surface area (TPSA) is 72.2 Å². The van der Waals surface area contributed by atoms with Crippen LogP contribution in [0.2, 0.25) is 0 Å². The molecule has 2 aromatic rings. The molecule has 124 valence electrons. The van der Waals surface area contributed by atoms with E-state index in [-0.39, 0.29) is 17.4 Å². The second kappa shape index (κ2) is 5.76. The van der Waals surface area contributed by atoms with Gasteiger partial charge in [-0.1, -0.05) is 43.7 Å². The van der Waals surface area contributed by atoms with Crippen LogP contribution in [0.1, 0.15) is 37.1 Å². The molecule has 2 unspecified atom stereocenters. The lowest BCUT2D eigenvalue weighted by Gasteiger charge is -2.17. The van der Waals surface area contributed by atoms with Crippen LogP contribution in [0.4, 0.5) is 0 Å². The number of aliphatic hydroxyl groups is 1. The average Bonchev–Trinajstić information content (AvgIpc) is 3.00. The van der Waals surface area contributed by atoms with E-state index in [1.165, 1.54) is 0 Å². The average molecular weight is 334 g/mol. The Morgan fingerprint density at radius 1 is 1.22 bits per heavy atom. The molecule has 0 aliphatic carbocycles. The second-order valence-electron chi connectivity index (χ2n) is 6.63. The highest BCUT2D eigenvalue weighted by atomic mass is 32.2. The molecule has 2 atom stereocenters. The Morgan fingerprint density at radius 2 is 1.87 bits per heavy atom. The van der Waals surface area contributed by atoms with Crippen LogP contribution in [0, 0.1) is 6.92 Å². The Hall–Kier alpha value is -1.66. The molecule has 1 saturated heterocycles. The van der Waals surface area contributed by atoms with Crippen molar-refractivity contribution >= 4 is 9.84 Å². The molecule has 2 heterocycles. The molecule has 1 N–H and O–H groups in total. The third-order valence-corrected chi connectivity index (χ3v) is 6.00. The first kappa shape index (κ1) is 16.2. The molecule has 1 aromatic heterocycles. The van der Waals surface area contributed by atoms with Gasteiger partial charge in [-0.05, 0) is 24.5 Å². The molecule has 23 heavy (non-hydrogen) atoms. The predicted octanol–water partition coefficient (Wildman–Crippen LogP) is 2.31. The number of hydrogen-bond acceptors (Lipinski definition) is 4. The summed E-state index contributed by atoms with van der Waals surface area (Å²) >= 11 is 0. The highest BCUT2D eigenvalue weighted by molar-refractivity contribution is 7.91. The van der Waals surface area contributed by atoms with Crippen molar-refractivity contribution in [3.8, 4) is 11.3 Å². The number of aryl methyl sites for hydroxylation is 1. The lowest BCUT2D eigenvalue weighted by Crippen LogP contribution is -2.24. The normalized spacial score (nSPS) is 23.5. The fourth-order valence-electron chi connectivity index (χ4n) is 2.93. The summed E-state index contributed by atoms with van der Waals surface area (Å²) < 4.78 is 25.4. The number of nitrogens with zero attached hydrogens (tertiary/aromatic N) is 2. The van der Waals surface area contributed by atoms with Gasteiger partial charge in [-0.25, -0.2) is 8.42 Å². The molecule has 5 nitrogen and oxygen atoms in total. The van der Waals surface area contributed by atoms with Crippen LogP contribution in [-0.4, -0.2) is 40.9 Å². The fourth-order valence-corrected chi connectivity index (χ4v) is 4.69. The Morgan fingerprint density at radius 3 is 2.39 bits per heavy atom. The Bertz CT molecular complexity index is 807. The zero-order chi connectivity index (χ0) is 16.8. The van der Waals surface area contributed by atoms with Crippen LogP contribution in [0.3, 0.4) is 0 Å². The van der Waals surface area contributed by atoms with E-state index in [4.69, 9.17) is 0 Å². The van der Waals surface area contributed by atoms with Gasteiger partial charge in [0, 0.05) is 0 Å². The summed E-state index contributed by atoms with van der Waals surface area (Å²) in [6.45, 7) is 6.12.